The molecule has 0 aromatic heterocycles. The van der Waals surface area contributed by atoms with Crippen LogP contribution in [0.1, 0.15) is 39.5 Å². The van der Waals surface area contributed by atoms with Crippen LogP contribution in [0.3, 0.4) is 0 Å². The van der Waals surface area contributed by atoms with Crippen LogP contribution in [0.5, 0.6) is 0 Å². The minimum atomic E-state index is -1.35. The van der Waals surface area contributed by atoms with Gasteiger partial charge in [-0.25, -0.2) is 9.59 Å². The van der Waals surface area contributed by atoms with E-state index >= 15 is 0 Å². The van der Waals surface area contributed by atoms with Crippen molar-refractivity contribution in [2.45, 2.75) is 31.8 Å². The molecule has 2 atom stereocenters. The summed E-state index contributed by atoms with van der Waals surface area (Å²) >= 11 is 12.2. The van der Waals surface area contributed by atoms with Crippen LogP contribution in [0.25, 0.3) is 0 Å². The third-order valence-corrected chi connectivity index (χ3v) is 5.52. The van der Waals surface area contributed by atoms with E-state index in [1.165, 1.54) is 5.56 Å². The number of carboxylic acid groups (broad SMARTS) is 1. The zero-order valence-electron chi connectivity index (χ0n) is 16.2. The first kappa shape index (κ1) is 21.9. The van der Waals surface area contributed by atoms with Gasteiger partial charge >= 0.3 is 12.0 Å². The number of fused-ring (bicyclic) bond motifs is 1. The van der Waals surface area contributed by atoms with E-state index in [2.05, 4.69) is 16.0 Å². The lowest BCUT2D eigenvalue weighted by Gasteiger charge is -2.19. The first-order valence-corrected chi connectivity index (χ1v) is 10.1. The minimum absolute atomic E-state index is 0.0119. The number of aliphatic carboxylic acids is 1. The molecule has 0 heterocycles. The number of carboxylic acids is 1. The van der Waals surface area contributed by atoms with Gasteiger partial charge in [0.15, 0.2) is 0 Å². The lowest BCUT2D eigenvalue weighted by Crippen LogP contribution is -2.50. The van der Waals surface area contributed by atoms with E-state index in [1.54, 1.807) is 19.1 Å². The van der Waals surface area contributed by atoms with Gasteiger partial charge in [0, 0.05) is 0 Å². The Morgan fingerprint density at radius 1 is 1.17 bits per heavy atom. The quantitative estimate of drug-likeness (QED) is 0.541. The number of aryl methyl sites for hydroxylation is 2. The monoisotopic (exact) mass is 449 g/mol. The molecule has 3 rings (SSSR count). The Balaban J connectivity index is 1.59. The van der Waals surface area contributed by atoms with Crippen LogP contribution >= 0.6 is 23.2 Å². The van der Waals surface area contributed by atoms with Crippen LogP contribution in [0, 0.1) is 6.92 Å². The summed E-state index contributed by atoms with van der Waals surface area (Å²) in [4.78, 5) is 36.3. The van der Waals surface area contributed by atoms with Crippen molar-refractivity contribution >= 4 is 41.1 Å². The second-order valence-electron chi connectivity index (χ2n) is 7.11. The Kier molecular flexibility index (Phi) is 6.84. The first-order valence-electron chi connectivity index (χ1n) is 9.37. The van der Waals surface area contributed by atoms with Crippen molar-refractivity contribution in [3.63, 3.8) is 0 Å². The number of nitrogens with one attached hydrogen (secondary N) is 3. The number of hydrogen-bond acceptors (Lipinski definition) is 3. The smallest absolute Gasteiger partial charge is 0.328 e. The Morgan fingerprint density at radius 3 is 2.50 bits per heavy atom. The largest absolute Gasteiger partial charge is 0.480 e. The molecule has 2 aromatic carbocycles. The maximum absolute atomic E-state index is 12.5. The summed E-state index contributed by atoms with van der Waals surface area (Å²) in [7, 11) is 0. The maximum atomic E-state index is 12.5. The Morgan fingerprint density at radius 2 is 1.83 bits per heavy atom. The highest BCUT2D eigenvalue weighted by Gasteiger charge is 2.26. The highest BCUT2D eigenvalue weighted by Crippen LogP contribution is 2.30. The van der Waals surface area contributed by atoms with E-state index < -0.39 is 23.9 Å². The van der Waals surface area contributed by atoms with Crippen LogP contribution < -0.4 is 16.0 Å². The first-order chi connectivity index (χ1) is 14.3. The third-order valence-electron chi connectivity index (χ3n) is 4.92. The molecule has 30 heavy (non-hydrogen) atoms. The van der Waals surface area contributed by atoms with Crippen molar-refractivity contribution in [3.8, 4) is 0 Å². The van der Waals surface area contributed by atoms with E-state index in [1.807, 2.05) is 24.3 Å². The highest BCUT2D eigenvalue weighted by atomic mass is 35.5. The highest BCUT2D eigenvalue weighted by molar-refractivity contribution is 6.39. The molecule has 0 fully saturated rings. The number of urea groups is 1. The molecule has 3 amide bonds. The fourth-order valence-electron chi connectivity index (χ4n) is 3.46. The standard InChI is InChI=1S/C21H21Cl2N3O4/c1-11-8-14(22)18(15(23)9-11)19(27)25-17(20(28)29)10-24-21(30)26-16-7-6-12-4-2-3-5-13(12)16/h2-5,8-9,16-17H,6-7,10H2,1H3,(H,25,27)(H,28,29)(H2,24,26,30)/t16-,17-/m0/s1. The molecule has 9 heteroatoms. The summed E-state index contributed by atoms with van der Waals surface area (Å²) in [5.74, 6) is -2.03. The average molecular weight is 450 g/mol. The van der Waals surface area contributed by atoms with E-state index in [-0.39, 0.29) is 28.2 Å². The molecule has 4 N–H and O–H groups in total. The number of amides is 3. The van der Waals surface area contributed by atoms with Crippen LogP contribution in [0.4, 0.5) is 4.79 Å². The van der Waals surface area contributed by atoms with Crippen molar-refractivity contribution in [2.24, 2.45) is 0 Å². The second kappa shape index (κ2) is 9.36. The van der Waals surface area contributed by atoms with Gasteiger partial charge in [-0.1, -0.05) is 47.5 Å². The lowest BCUT2D eigenvalue weighted by molar-refractivity contribution is -0.139. The van der Waals surface area contributed by atoms with Gasteiger partial charge in [-0.3, -0.25) is 4.79 Å². The van der Waals surface area contributed by atoms with E-state index in [0.717, 1.165) is 24.0 Å². The van der Waals surface area contributed by atoms with Crippen molar-refractivity contribution in [1.82, 2.24) is 16.0 Å². The fourth-order valence-corrected chi connectivity index (χ4v) is 4.23. The van der Waals surface area contributed by atoms with Gasteiger partial charge in [-0.2, -0.15) is 0 Å². The van der Waals surface area contributed by atoms with Crippen LogP contribution in [-0.4, -0.2) is 35.6 Å². The Hall–Kier alpha value is -2.77. The molecule has 0 saturated heterocycles. The van der Waals surface area contributed by atoms with Crippen LogP contribution in [0.2, 0.25) is 10.0 Å². The summed E-state index contributed by atoms with van der Waals surface area (Å²) < 4.78 is 0. The normalized spacial score (nSPS) is 15.8. The SMILES string of the molecule is Cc1cc(Cl)c(C(=O)N[C@@H](CNC(=O)N[C@H]2CCc3ccccc32)C(=O)O)c(Cl)c1. The van der Waals surface area contributed by atoms with Gasteiger partial charge in [-0.15, -0.1) is 0 Å². The second-order valence-corrected chi connectivity index (χ2v) is 7.93. The Bertz CT molecular complexity index is 973. The minimum Gasteiger partial charge on any atom is -0.480 e. The number of benzene rings is 2. The molecular weight excluding hydrogens is 429 g/mol. The van der Waals surface area contributed by atoms with Crippen LogP contribution in [0.15, 0.2) is 36.4 Å². The Labute approximate surface area is 183 Å². The van der Waals surface area contributed by atoms with Gasteiger partial charge in [0.1, 0.15) is 6.04 Å². The van der Waals surface area contributed by atoms with Gasteiger partial charge in [0.25, 0.3) is 5.91 Å². The third kappa shape index (κ3) is 5.04. The number of rotatable bonds is 6. The molecule has 0 spiro atoms. The number of carbonyl (C=O) groups excluding carboxylic acids is 2. The predicted octanol–water partition coefficient (Wildman–Crippen LogP) is 3.47. The molecule has 1 aliphatic rings. The molecule has 1 aliphatic carbocycles. The van der Waals surface area contributed by atoms with Gasteiger partial charge in [0.2, 0.25) is 0 Å². The number of hydrogen-bond donors (Lipinski definition) is 4. The summed E-state index contributed by atoms with van der Waals surface area (Å²) in [6.45, 7) is 1.47. The zero-order chi connectivity index (χ0) is 21.8. The van der Waals surface area contributed by atoms with E-state index in [0.29, 0.717) is 0 Å². The van der Waals surface area contributed by atoms with E-state index in [9.17, 15) is 19.5 Å². The topological polar surface area (TPSA) is 108 Å². The van der Waals surface area contributed by atoms with Crippen molar-refractivity contribution in [3.05, 3.63) is 68.7 Å². The molecule has 7 nitrogen and oxygen atoms in total. The number of halogens is 2. The molecule has 0 radical (unpaired) electrons. The summed E-state index contributed by atoms with van der Waals surface area (Å²) in [5.41, 5.74) is 3.00. The molecule has 2 aromatic rings. The van der Waals surface area contributed by atoms with Crippen molar-refractivity contribution in [2.75, 3.05) is 6.54 Å². The molecule has 158 valence electrons. The molecule has 0 saturated carbocycles. The summed E-state index contributed by atoms with van der Waals surface area (Å²) in [5, 5.41) is 17.4. The number of carbonyl (C=O) groups is 3. The molecule has 0 aliphatic heterocycles. The van der Waals surface area contributed by atoms with Gasteiger partial charge in [-0.05, 0) is 48.6 Å². The lowest BCUT2D eigenvalue weighted by atomic mass is 10.1. The van der Waals surface area contributed by atoms with E-state index in [4.69, 9.17) is 23.2 Å². The maximum Gasteiger partial charge on any atom is 0.328 e. The molecule has 0 bridgehead atoms. The molecule has 0 unspecified atom stereocenters. The van der Waals surface area contributed by atoms with Crippen LogP contribution in [-0.2, 0) is 11.2 Å². The average Bonchev–Trinajstić information content (AvgIpc) is 3.07. The van der Waals surface area contributed by atoms with Crippen molar-refractivity contribution in [1.29, 1.82) is 0 Å². The van der Waals surface area contributed by atoms with Gasteiger partial charge < -0.3 is 21.1 Å². The predicted molar refractivity (Wildman–Crippen MR) is 114 cm³/mol. The van der Waals surface area contributed by atoms with Crippen molar-refractivity contribution < 1.29 is 19.5 Å². The zero-order valence-corrected chi connectivity index (χ0v) is 17.7. The summed E-state index contributed by atoms with van der Waals surface area (Å²) in [6.07, 6.45) is 1.64. The molecular formula is C21H21Cl2N3O4. The summed E-state index contributed by atoms with van der Waals surface area (Å²) in [6, 6.07) is 8.96. The fraction of sp³-hybridized carbons (Fsp3) is 0.286. The van der Waals surface area contributed by atoms with Gasteiger partial charge in [0.05, 0.1) is 28.2 Å².